The van der Waals surface area contributed by atoms with Crippen molar-refractivity contribution in [1.29, 1.82) is 0 Å². The fraction of sp³-hybridized carbons (Fsp3) is 0.286. The lowest BCUT2D eigenvalue weighted by atomic mass is 10.1. The van der Waals surface area contributed by atoms with Crippen LogP contribution in [0.4, 0.5) is 0 Å². The molecule has 0 atom stereocenters. The van der Waals surface area contributed by atoms with Gasteiger partial charge in [-0.1, -0.05) is 6.07 Å². The van der Waals surface area contributed by atoms with Crippen molar-refractivity contribution in [3.63, 3.8) is 0 Å². The van der Waals surface area contributed by atoms with E-state index in [1.165, 1.54) is 18.4 Å². The number of benzene rings is 1. The van der Waals surface area contributed by atoms with E-state index < -0.39 is 5.97 Å². The fourth-order valence-electron chi connectivity index (χ4n) is 3.53. The van der Waals surface area contributed by atoms with Crippen LogP contribution in [0.2, 0.25) is 0 Å². The number of carbonyl (C=O) groups excluding carboxylic acids is 1. The molecule has 8 heteroatoms. The van der Waals surface area contributed by atoms with E-state index in [4.69, 9.17) is 14.5 Å². The molecule has 0 unspecified atom stereocenters. The second-order valence-corrected chi connectivity index (χ2v) is 7.70. The molecular formula is C21H20N2O5S. The number of fused-ring (bicyclic) bond motifs is 2. The van der Waals surface area contributed by atoms with Crippen molar-refractivity contribution in [2.24, 2.45) is 0 Å². The molecular weight excluding hydrogens is 392 g/mol. The number of phenols is 1. The van der Waals surface area contributed by atoms with Crippen LogP contribution in [0.1, 0.15) is 40.0 Å². The van der Waals surface area contributed by atoms with Crippen molar-refractivity contribution < 1.29 is 19.4 Å². The molecule has 29 heavy (non-hydrogen) atoms. The van der Waals surface area contributed by atoms with Gasteiger partial charge in [-0.15, -0.1) is 11.3 Å². The summed E-state index contributed by atoms with van der Waals surface area (Å²) in [6.45, 7) is 4.31. The second-order valence-electron chi connectivity index (χ2n) is 6.70. The van der Waals surface area contributed by atoms with Crippen LogP contribution >= 0.6 is 11.3 Å². The lowest BCUT2D eigenvalue weighted by molar-refractivity contribution is 0.0531. The molecule has 4 rings (SSSR count). The first-order chi connectivity index (χ1) is 13.9. The Hall–Kier alpha value is -3.13. The number of hydrogen-bond donors (Lipinski definition) is 1. The third-order valence-electron chi connectivity index (χ3n) is 4.95. The highest BCUT2D eigenvalue weighted by Crippen LogP contribution is 2.34. The number of nitrogens with zero attached hydrogens (tertiary/aromatic N) is 2. The first-order valence-corrected chi connectivity index (χ1v) is 10.0. The molecule has 150 valence electrons. The number of aromatic nitrogens is 2. The zero-order valence-corrected chi connectivity index (χ0v) is 17.1. The SMILES string of the molecule is CCOC(=O)c1sc2nc3n(c(=O)c2c1C)CCC3=Cc1ccc(O)c(OC)c1. The van der Waals surface area contributed by atoms with Gasteiger partial charge in [-0.05, 0) is 55.2 Å². The van der Waals surface area contributed by atoms with Crippen LogP contribution in [0, 0.1) is 6.92 Å². The normalized spacial score (nSPS) is 14.4. The summed E-state index contributed by atoms with van der Waals surface area (Å²) in [6, 6.07) is 5.08. The fourth-order valence-corrected chi connectivity index (χ4v) is 4.59. The van der Waals surface area contributed by atoms with Gasteiger partial charge < -0.3 is 14.6 Å². The van der Waals surface area contributed by atoms with Crippen molar-refractivity contribution in [1.82, 2.24) is 9.55 Å². The quantitative estimate of drug-likeness (QED) is 0.659. The Morgan fingerprint density at radius 3 is 2.93 bits per heavy atom. The Bertz CT molecular complexity index is 1220. The molecule has 0 saturated carbocycles. The summed E-state index contributed by atoms with van der Waals surface area (Å²) in [7, 11) is 1.49. The molecule has 1 aliphatic rings. The van der Waals surface area contributed by atoms with Gasteiger partial charge in [0.05, 0.1) is 19.1 Å². The molecule has 0 spiro atoms. The Labute approximate surface area is 170 Å². The highest BCUT2D eigenvalue weighted by Gasteiger charge is 2.26. The van der Waals surface area contributed by atoms with Gasteiger partial charge in [-0.25, -0.2) is 9.78 Å². The number of methoxy groups -OCH3 is 1. The van der Waals surface area contributed by atoms with E-state index in [0.29, 0.717) is 45.2 Å². The predicted molar refractivity (Wildman–Crippen MR) is 112 cm³/mol. The predicted octanol–water partition coefficient (Wildman–Crippen LogP) is 3.60. The van der Waals surface area contributed by atoms with Crippen molar-refractivity contribution in [3.05, 3.63) is 50.4 Å². The van der Waals surface area contributed by atoms with Gasteiger partial charge in [0.1, 0.15) is 15.5 Å². The van der Waals surface area contributed by atoms with Crippen LogP contribution in [-0.2, 0) is 11.3 Å². The van der Waals surface area contributed by atoms with Gasteiger partial charge in [0, 0.05) is 6.54 Å². The Morgan fingerprint density at radius 2 is 2.21 bits per heavy atom. The molecule has 1 aliphatic heterocycles. The van der Waals surface area contributed by atoms with Crippen molar-refractivity contribution in [3.8, 4) is 11.5 Å². The van der Waals surface area contributed by atoms with Crippen LogP contribution < -0.4 is 10.3 Å². The Kier molecular flexibility index (Phi) is 4.87. The van der Waals surface area contributed by atoms with E-state index in [1.54, 1.807) is 36.6 Å². The molecule has 0 saturated heterocycles. The van der Waals surface area contributed by atoms with E-state index in [-0.39, 0.29) is 17.9 Å². The minimum atomic E-state index is -0.426. The van der Waals surface area contributed by atoms with Crippen LogP contribution in [-0.4, -0.2) is 34.3 Å². The lowest BCUT2D eigenvalue weighted by Crippen LogP contribution is -2.20. The Morgan fingerprint density at radius 1 is 1.41 bits per heavy atom. The number of allylic oxidation sites excluding steroid dienone is 1. The maximum absolute atomic E-state index is 13.1. The maximum Gasteiger partial charge on any atom is 0.348 e. The topological polar surface area (TPSA) is 90.7 Å². The van der Waals surface area contributed by atoms with Crippen LogP contribution in [0.15, 0.2) is 23.0 Å². The molecule has 0 bridgehead atoms. The summed E-state index contributed by atoms with van der Waals surface area (Å²) < 4.78 is 11.9. The van der Waals surface area contributed by atoms with Crippen molar-refractivity contribution >= 4 is 39.2 Å². The van der Waals surface area contributed by atoms with E-state index in [9.17, 15) is 14.7 Å². The molecule has 0 amide bonds. The van der Waals surface area contributed by atoms with Gasteiger partial charge >= 0.3 is 5.97 Å². The summed E-state index contributed by atoms with van der Waals surface area (Å²) in [5.41, 5.74) is 2.24. The zero-order chi connectivity index (χ0) is 20.7. The molecule has 1 N–H and O–H groups in total. The second kappa shape index (κ2) is 7.36. The lowest BCUT2D eigenvalue weighted by Gasteiger charge is -2.05. The summed E-state index contributed by atoms with van der Waals surface area (Å²) in [4.78, 5) is 30.9. The number of aromatic hydroxyl groups is 1. The number of thiophene rings is 1. The molecule has 7 nitrogen and oxygen atoms in total. The van der Waals surface area contributed by atoms with Gasteiger partial charge in [0.15, 0.2) is 11.5 Å². The highest BCUT2D eigenvalue weighted by atomic mass is 32.1. The smallest absolute Gasteiger partial charge is 0.348 e. The van der Waals surface area contributed by atoms with Gasteiger partial charge in [-0.2, -0.15) is 0 Å². The van der Waals surface area contributed by atoms with Gasteiger partial charge in [0.25, 0.3) is 5.56 Å². The van der Waals surface area contributed by atoms with Crippen LogP contribution in [0.5, 0.6) is 11.5 Å². The maximum atomic E-state index is 13.1. The summed E-state index contributed by atoms with van der Waals surface area (Å²) >= 11 is 1.19. The van der Waals surface area contributed by atoms with Crippen LogP contribution in [0.3, 0.4) is 0 Å². The van der Waals surface area contributed by atoms with E-state index in [1.807, 2.05) is 6.08 Å². The first kappa shape index (κ1) is 19.2. The number of rotatable bonds is 4. The number of phenolic OH excluding ortho intramolecular Hbond substituents is 1. The van der Waals surface area contributed by atoms with Crippen molar-refractivity contribution in [2.45, 2.75) is 26.8 Å². The first-order valence-electron chi connectivity index (χ1n) is 9.23. The molecule has 0 radical (unpaired) electrons. The number of carbonyl (C=O) groups is 1. The molecule has 1 aromatic carbocycles. The van der Waals surface area contributed by atoms with Gasteiger partial charge in [-0.3, -0.25) is 9.36 Å². The highest BCUT2D eigenvalue weighted by molar-refractivity contribution is 7.20. The minimum absolute atomic E-state index is 0.0677. The molecule has 2 aromatic heterocycles. The van der Waals surface area contributed by atoms with E-state index >= 15 is 0 Å². The molecule has 3 heterocycles. The molecule has 0 aliphatic carbocycles. The standard InChI is InChI=1S/C21H20N2O5S/c1-4-28-21(26)17-11(2)16-19(29-17)22-18-13(7-8-23(18)20(16)25)9-12-5-6-14(24)15(10-12)27-3/h5-6,9-10,24H,4,7-8H2,1-3H3. The summed E-state index contributed by atoms with van der Waals surface area (Å²) in [6.07, 6.45) is 2.61. The number of aryl methyl sites for hydroxylation is 1. The van der Waals surface area contributed by atoms with Crippen molar-refractivity contribution in [2.75, 3.05) is 13.7 Å². The average molecular weight is 412 g/mol. The third kappa shape index (κ3) is 3.19. The number of esters is 1. The van der Waals surface area contributed by atoms with Crippen LogP contribution in [0.25, 0.3) is 21.9 Å². The summed E-state index contributed by atoms with van der Waals surface area (Å²) in [5.74, 6) is 0.625. The summed E-state index contributed by atoms with van der Waals surface area (Å²) in [5, 5.41) is 10.3. The van der Waals surface area contributed by atoms with E-state index in [0.717, 1.165) is 11.1 Å². The Balaban J connectivity index is 1.83. The zero-order valence-electron chi connectivity index (χ0n) is 16.3. The minimum Gasteiger partial charge on any atom is -0.504 e. The van der Waals surface area contributed by atoms with E-state index in [2.05, 4.69) is 0 Å². The largest absolute Gasteiger partial charge is 0.504 e. The number of hydrogen-bond acceptors (Lipinski definition) is 7. The number of ether oxygens (including phenoxy) is 2. The molecule has 3 aromatic rings. The monoisotopic (exact) mass is 412 g/mol. The third-order valence-corrected chi connectivity index (χ3v) is 6.11. The molecule has 0 fully saturated rings. The van der Waals surface area contributed by atoms with Gasteiger partial charge in [0.2, 0.25) is 0 Å². The average Bonchev–Trinajstić information content (AvgIpc) is 3.25.